The Bertz CT molecular complexity index is 3770. The van der Waals surface area contributed by atoms with E-state index < -0.39 is 78.6 Å². The number of carbonyl (C=O) groups excluding carboxylic acids is 2. The number of benzene rings is 4. The van der Waals surface area contributed by atoms with E-state index in [0.717, 1.165) is 66.6 Å². The van der Waals surface area contributed by atoms with Gasteiger partial charge in [0.2, 0.25) is 11.8 Å². The third-order valence-electron chi connectivity index (χ3n) is 24.1. The lowest BCUT2D eigenvalue weighted by atomic mass is 9.45. The lowest BCUT2D eigenvalue weighted by Crippen LogP contribution is -2.62. The molecule has 3 saturated heterocycles. The predicted molar refractivity (Wildman–Crippen MR) is 401 cm³/mol. The Morgan fingerprint density at radius 2 is 1.06 bits per heavy atom. The fourth-order valence-corrected chi connectivity index (χ4v) is 17.4. The Morgan fingerprint density at radius 3 is 1.46 bits per heavy atom. The summed E-state index contributed by atoms with van der Waals surface area (Å²) in [5, 5.41) is 58.0. The Labute approximate surface area is 610 Å². The van der Waals surface area contributed by atoms with Crippen molar-refractivity contribution in [3.05, 3.63) is 131 Å². The first-order valence-corrected chi connectivity index (χ1v) is 36.1. The molecule has 4 bridgehead atoms. The smallest absolute Gasteiger partial charge is 0.478 e. The van der Waals surface area contributed by atoms with Gasteiger partial charge in [0.25, 0.3) is 0 Å². The molecule has 0 aromatic heterocycles. The van der Waals surface area contributed by atoms with Gasteiger partial charge < -0.3 is 50.2 Å². The Kier molecular flexibility index (Phi) is 25.2. The number of carboxylic acids is 2. The number of fused-ring (bicyclic) bond motifs is 4. The van der Waals surface area contributed by atoms with E-state index in [1.807, 2.05) is 115 Å². The first-order chi connectivity index (χ1) is 46.8. The van der Waals surface area contributed by atoms with Crippen molar-refractivity contribution in [2.45, 2.75) is 203 Å². The first-order valence-electron chi connectivity index (χ1n) is 35.0. The van der Waals surface area contributed by atoms with Gasteiger partial charge in [-0.1, -0.05) is 89.5 Å². The number of nitrogens with one attached hydrogen (secondary N) is 2. The number of aromatic carboxylic acids is 2. The molecule has 13 rings (SSSR count). The van der Waals surface area contributed by atoms with Crippen molar-refractivity contribution in [3.8, 4) is 11.1 Å². The summed E-state index contributed by atoms with van der Waals surface area (Å²) < 4.78 is 13.1. The van der Waals surface area contributed by atoms with Crippen molar-refractivity contribution >= 4 is 70.3 Å². The second-order valence-electron chi connectivity index (χ2n) is 31.6. The molecule has 26 heteroatoms. The van der Waals surface area contributed by atoms with E-state index in [2.05, 4.69) is 108 Å². The van der Waals surface area contributed by atoms with Gasteiger partial charge in [0.05, 0.1) is 72.9 Å². The fourth-order valence-electron chi connectivity index (χ4n) is 16.8. The average molecular weight is 1510 g/mol. The van der Waals surface area contributed by atoms with Gasteiger partial charge in [-0.15, -0.1) is 0 Å². The van der Waals surface area contributed by atoms with Crippen LogP contribution in [0.3, 0.4) is 0 Å². The topological polar surface area (TPSA) is 321 Å². The number of carboxylic acid groups (broad SMARTS) is 2. The molecule has 0 spiro atoms. The number of hydrogen-bond acceptors (Lipinski definition) is 16. The highest BCUT2D eigenvalue weighted by atomic mass is 127. The standard InChI is InChI=1S/C34H46N6O5.C25H36IN5O3.C15H22BNO4.CH4/c1-18-21(9-8-10-26(18)22-11-23(33(43)44)13-25(12-22)39(6)7)17-40-31(30(20(3)41)29(45-40)16-36-38-35)32(42)37-28-15-24-14-27(19(28)2)34(24,4)5;1-13-16(7-6-8-19(13)26)12-31-23(22(15(3)32)21(34-31)11-28-30-27)24(33)29-20-10-17-9-18(14(20)2)25(17,4)5;1-14(2)15(3,4)21-16(20-14)11-7-10(13(18)19)8-12(9-11)17(5)6;/h8-13,19-20,24,27-31,41H,14-17H2,1-7H3,(H,37,42)(H,43,44);6-8,14-15,17-18,20-23,32H,9-12H2,1-5H3,(H,29,33);7-9H,1-6H3,(H,18,19);1H4/t19-,20-,24+,27-,28-,29-,30+,31-;14-,15-,17+,18-,20-,21-,22+,23-;;/m00../s1. The zero-order chi connectivity index (χ0) is 73.6. The van der Waals surface area contributed by atoms with Crippen LogP contribution in [0.5, 0.6) is 0 Å². The molecule has 4 aromatic carbocycles. The molecule has 0 radical (unpaired) electrons. The molecule has 6 aliphatic carbocycles. The fraction of sp³-hybridized carbons (Fsp3) is 0.627. The quantitative estimate of drug-likeness (QED) is 0.0157. The molecule has 2 amide bonds. The van der Waals surface area contributed by atoms with Crippen molar-refractivity contribution in [1.82, 2.24) is 20.8 Å². The number of halogens is 1. The zero-order valence-electron chi connectivity index (χ0n) is 61.3. The van der Waals surface area contributed by atoms with Gasteiger partial charge >= 0.3 is 19.1 Å². The van der Waals surface area contributed by atoms with Crippen LogP contribution in [0.2, 0.25) is 0 Å². The van der Waals surface area contributed by atoms with Crippen LogP contribution in [0.15, 0.2) is 83.0 Å². The van der Waals surface area contributed by atoms with Gasteiger partial charge in [0.15, 0.2) is 0 Å². The molecule has 101 heavy (non-hydrogen) atoms. The number of aliphatic hydroxyl groups is 2. The van der Waals surface area contributed by atoms with Crippen LogP contribution in [0.1, 0.15) is 159 Å². The third kappa shape index (κ3) is 16.7. The molecule has 16 atom stereocenters. The van der Waals surface area contributed by atoms with E-state index in [1.54, 1.807) is 48.2 Å². The highest BCUT2D eigenvalue weighted by molar-refractivity contribution is 14.1. The molecular weight excluding hydrogens is 1400 g/mol. The van der Waals surface area contributed by atoms with E-state index >= 15 is 0 Å². The molecule has 9 fully saturated rings. The van der Waals surface area contributed by atoms with Crippen LogP contribution in [0, 0.1) is 75.6 Å². The highest BCUT2D eigenvalue weighted by Crippen LogP contribution is 2.62. The second kappa shape index (κ2) is 31.8. The number of hydroxylamine groups is 4. The largest absolute Gasteiger partial charge is 0.494 e. The number of nitrogens with zero attached hydrogens (tertiary/aromatic N) is 10. The van der Waals surface area contributed by atoms with Crippen molar-refractivity contribution in [3.63, 3.8) is 0 Å². The van der Waals surface area contributed by atoms with Crippen LogP contribution in [0.4, 0.5) is 11.4 Å². The normalized spacial score (nSPS) is 29.0. The predicted octanol–water partition coefficient (Wildman–Crippen LogP) is 12.4. The van der Waals surface area contributed by atoms with Crippen LogP contribution in [0.25, 0.3) is 32.0 Å². The summed E-state index contributed by atoms with van der Waals surface area (Å²) in [6, 6.07) is 21.0. The summed E-state index contributed by atoms with van der Waals surface area (Å²) in [5.41, 5.74) is 26.0. The van der Waals surface area contributed by atoms with Crippen LogP contribution < -0.4 is 25.9 Å². The van der Waals surface area contributed by atoms with Gasteiger partial charge in [0, 0.05) is 76.9 Å². The minimum absolute atomic E-state index is 0. The highest BCUT2D eigenvalue weighted by Gasteiger charge is 2.60. The number of azide groups is 2. The minimum atomic E-state index is -1.00. The summed E-state index contributed by atoms with van der Waals surface area (Å²) in [7, 11) is 6.91. The molecule has 9 aliphatic rings. The molecule has 6 N–H and O–H groups in total. The number of rotatable bonds is 20. The molecule has 3 aliphatic heterocycles. The summed E-state index contributed by atoms with van der Waals surface area (Å²) in [4.78, 5) is 73.2. The summed E-state index contributed by atoms with van der Waals surface area (Å²) >= 11 is 2.31. The van der Waals surface area contributed by atoms with Crippen LogP contribution >= 0.6 is 22.6 Å². The van der Waals surface area contributed by atoms with E-state index in [1.165, 1.54) is 12.8 Å². The molecular formula is C75H108BIN12O12. The number of amides is 2. The second-order valence-corrected chi connectivity index (χ2v) is 32.8. The molecule has 24 nitrogen and oxygen atoms in total. The third-order valence-corrected chi connectivity index (χ3v) is 25.3. The van der Waals surface area contributed by atoms with Gasteiger partial charge in [-0.3, -0.25) is 19.3 Å². The number of aliphatic hydroxyl groups excluding tert-OH is 2. The zero-order valence-corrected chi connectivity index (χ0v) is 63.5. The summed E-state index contributed by atoms with van der Waals surface area (Å²) in [5.74, 6) is -0.273. The van der Waals surface area contributed by atoms with Gasteiger partial charge in [-0.2, -0.15) is 10.1 Å². The number of carbonyl (C=O) groups is 4. The molecule has 0 unspecified atom stereocenters. The summed E-state index contributed by atoms with van der Waals surface area (Å²) in [6.45, 7) is 29.8. The SMILES string of the molecule is C.CN(C)c1cc(B2OC(C)(C)C(C)(C)O2)cc(C(=O)O)c1.Cc1c(CN2O[C@@H](CN=[N+]=[N-])[C@@H]([C@H](C)O)[C@H]2C(=O)N[C@H]2C[C@H]3C[C@@H]([C@@H]2C)C3(C)C)cccc1-c1cc(C(=O)O)cc(N(C)C)c1.Cc1c(I)cccc1CN1O[C@@H](CN=[N+]=[N-])[C@@H]([C@H](C)O)[C@H]1C(=O)N[C@H]1C[C@H]2C[C@@H]([C@@H]1C)C2(C)C. The average Bonchev–Trinajstić information content (AvgIpc) is 1.63. The van der Waals surface area contributed by atoms with Crippen molar-refractivity contribution in [2.75, 3.05) is 51.1 Å². The molecule has 3 heterocycles. The number of hydrogen-bond donors (Lipinski definition) is 6. The van der Waals surface area contributed by atoms with E-state index in [9.17, 15) is 39.6 Å². The van der Waals surface area contributed by atoms with E-state index in [0.29, 0.717) is 47.5 Å². The van der Waals surface area contributed by atoms with Crippen molar-refractivity contribution < 1.29 is 58.6 Å². The van der Waals surface area contributed by atoms with Crippen LogP contribution in [-0.4, -0.2) is 162 Å². The monoisotopic (exact) mass is 1510 g/mol. The van der Waals surface area contributed by atoms with Crippen LogP contribution in [-0.2, 0) is 41.7 Å². The summed E-state index contributed by atoms with van der Waals surface area (Å²) in [6.07, 6.45) is 1.43. The maximum absolute atomic E-state index is 14.1. The van der Waals surface area contributed by atoms with Crippen molar-refractivity contribution in [1.29, 1.82) is 0 Å². The first kappa shape index (κ1) is 80.1. The maximum Gasteiger partial charge on any atom is 0.494 e. The van der Waals surface area contributed by atoms with Gasteiger partial charge in [-0.25, -0.2) is 9.59 Å². The Morgan fingerprint density at radius 1 is 0.644 bits per heavy atom. The molecule has 6 saturated carbocycles. The number of anilines is 2. The Hall–Kier alpha value is -6.55. The maximum atomic E-state index is 14.1. The van der Waals surface area contributed by atoms with Gasteiger partial charge in [0.1, 0.15) is 12.1 Å². The molecule has 550 valence electrons. The molecule has 4 aromatic rings. The Balaban J connectivity index is 0.000000204. The lowest BCUT2D eigenvalue weighted by molar-refractivity contribution is -0.176. The van der Waals surface area contributed by atoms with Gasteiger partial charge in [-0.05, 0) is 242 Å². The van der Waals surface area contributed by atoms with Crippen molar-refractivity contribution in [2.24, 2.45) is 68.4 Å². The lowest BCUT2D eigenvalue weighted by Gasteiger charge is -2.62. The van der Waals surface area contributed by atoms with E-state index in [4.69, 9.17) is 30.0 Å². The van der Waals surface area contributed by atoms with E-state index in [-0.39, 0.29) is 67.5 Å². The minimum Gasteiger partial charge on any atom is -0.478 e.